The first-order chi connectivity index (χ1) is 5.97. The topological polar surface area (TPSA) is 49.3 Å². The normalized spacial score (nSPS) is 11.2. The Balaban J connectivity index is 4.43. The van der Waals surface area contributed by atoms with Gasteiger partial charge in [-0.2, -0.15) is 0 Å². The highest BCUT2D eigenvalue weighted by Crippen LogP contribution is 2.00. The Hall–Kier alpha value is -1.51. The van der Waals surface area contributed by atoms with Crippen molar-refractivity contribution in [2.24, 2.45) is 0 Å². The lowest BCUT2D eigenvalue weighted by molar-refractivity contribution is -0.132. The van der Waals surface area contributed by atoms with E-state index in [2.05, 4.69) is 18.5 Å². The molecule has 0 atom stereocenters. The third kappa shape index (κ3) is 4.85. The molecule has 0 aromatic heterocycles. The molecule has 72 valence electrons. The predicted octanol–water partition coefficient (Wildman–Crippen LogP) is 1.70. The van der Waals surface area contributed by atoms with Crippen LogP contribution in [0, 0.1) is 0 Å². The molecule has 0 fully saturated rings. The Bertz CT molecular complexity index is 252. The third-order valence-electron chi connectivity index (χ3n) is 1.27. The Morgan fingerprint density at radius 1 is 1.54 bits per heavy atom. The molecule has 0 aliphatic heterocycles. The molecule has 3 heteroatoms. The van der Waals surface area contributed by atoms with Gasteiger partial charge in [0.1, 0.15) is 0 Å². The number of rotatable bonds is 5. The number of hydrogen-bond acceptors (Lipinski definition) is 2. The van der Waals surface area contributed by atoms with Crippen LogP contribution in [0.3, 0.4) is 0 Å². The van der Waals surface area contributed by atoms with Crippen molar-refractivity contribution in [2.75, 3.05) is 0 Å². The monoisotopic (exact) mass is 181 g/mol. The minimum Gasteiger partial charge on any atom is -0.478 e. The van der Waals surface area contributed by atoms with E-state index in [-0.39, 0.29) is 11.6 Å². The average molecular weight is 181 g/mol. The molecule has 0 spiro atoms. The SMILES string of the molecule is C=C/C(=C\C(=C)NC(C)C)C(=O)O. The summed E-state index contributed by atoms with van der Waals surface area (Å²) in [4.78, 5) is 10.5. The molecule has 0 aromatic rings. The molecule has 0 aliphatic carbocycles. The zero-order valence-electron chi connectivity index (χ0n) is 8.00. The molecule has 0 rings (SSSR count). The predicted molar refractivity (Wildman–Crippen MR) is 53.3 cm³/mol. The van der Waals surface area contributed by atoms with Crippen molar-refractivity contribution in [1.29, 1.82) is 0 Å². The van der Waals surface area contributed by atoms with Crippen LogP contribution in [0.15, 0.2) is 36.6 Å². The smallest absolute Gasteiger partial charge is 0.335 e. The standard InChI is InChI=1S/C10H15NO2/c1-5-9(10(12)13)6-8(4)11-7(2)3/h5-7,11H,1,4H2,2-3H3,(H,12,13)/b9-6+. The molecule has 0 saturated carbocycles. The zero-order chi connectivity index (χ0) is 10.4. The van der Waals surface area contributed by atoms with Gasteiger partial charge >= 0.3 is 5.97 Å². The van der Waals surface area contributed by atoms with Gasteiger partial charge in [0.05, 0.1) is 5.57 Å². The van der Waals surface area contributed by atoms with Crippen molar-refractivity contribution < 1.29 is 9.90 Å². The molecule has 0 aliphatic rings. The lowest BCUT2D eigenvalue weighted by atomic mass is 10.2. The van der Waals surface area contributed by atoms with Crippen molar-refractivity contribution in [1.82, 2.24) is 5.32 Å². The van der Waals surface area contributed by atoms with Gasteiger partial charge in [-0.15, -0.1) is 0 Å². The fourth-order valence-electron chi connectivity index (χ4n) is 0.808. The van der Waals surface area contributed by atoms with Gasteiger partial charge in [0.25, 0.3) is 0 Å². The van der Waals surface area contributed by atoms with Crippen LogP contribution in [-0.2, 0) is 4.79 Å². The molecule has 0 bridgehead atoms. The van der Waals surface area contributed by atoms with Crippen LogP contribution in [0.2, 0.25) is 0 Å². The summed E-state index contributed by atoms with van der Waals surface area (Å²) in [6.07, 6.45) is 2.74. The summed E-state index contributed by atoms with van der Waals surface area (Å²) in [6.45, 7) is 11.0. The molecule has 13 heavy (non-hydrogen) atoms. The van der Waals surface area contributed by atoms with Crippen LogP contribution >= 0.6 is 0 Å². The lowest BCUT2D eigenvalue weighted by Crippen LogP contribution is -2.20. The summed E-state index contributed by atoms with van der Waals surface area (Å²) in [5.41, 5.74) is 0.713. The van der Waals surface area contributed by atoms with Crippen LogP contribution in [0.5, 0.6) is 0 Å². The van der Waals surface area contributed by atoms with Crippen LogP contribution in [0.25, 0.3) is 0 Å². The summed E-state index contributed by atoms with van der Waals surface area (Å²) in [5, 5.41) is 11.6. The van der Waals surface area contributed by atoms with E-state index in [0.717, 1.165) is 0 Å². The molecule has 0 saturated heterocycles. The van der Waals surface area contributed by atoms with Crippen molar-refractivity contribution >= 4 is 5.97 Å². The van der Waals surface area contributed by atoms with E-state index >= 15 is 0 Å². The highest BCUT2D eigenvalue weighted by atomic mass is 16.4. The number of carboxylic acids is 1. The summed E-state index contributed by atoms with van der Waals surface area (Å²) in [6, 6.07) is 0.239. The molecular weight excluding hydrogens is 166 g/mol. The molecule has 0 heterocycles. The highest BCUT2D eigenvalue weighted by Gasteiger charge is 2.02. The second-order valence-corrected chi connectivity index (χ2v) is 2.93. The second kappa shape index (κ2) is 5.19. The Morgan fingerprint density at radius 3 is 2.38 bits per heavy atom. The van der Waals surface area contributed by atoms with Crippen LogP contribution in [-0.4, -0.2) is 17.1 Å². The number of aliphatic carboxylic acids is 1. The highest BCUT2D eigenvalue weighted by molar-refractivity contribution is 5.90. The fourth-order valence-corrected chi connectivity index (χ4v) is 0.808. The summed E-state index contributed by atoms with van der Waals surface area (Å²) in [5.74, 6) is -0.998. The maximum Gasteiger partial charge on any atom is 0.335 e. The summed E-state index contributed by atoms with van der Waals surface area (Å²) in [7, 11) is 0. The lowest BCUT2D eigenvalue weighted by Gasteiger charge is -2.09. The van der Waals surface area contributed by atoms with Crippen LogP contribution in [0.4, 0.5) is 0 Å². The average Bonchev–Trinajstić information content (AvgIpc) is 1.98. The first-order valence-corrected chi connectivity index (χ1v) is 4.00. The zero-order valence-corrected chi connectivity index (χ0v) is 8.00. The van der Waals surface area contributed by atoms with E-state index < -0.39 is 5.97 Å². The fraction of sp³-hybridized carbons (Fsp3) is 0.300. The van der Waals surface area contributed by atoms with Gasteiger partial charge in [0.15, 0.2) is 0 Å². The van der Waals surface area contributed by atoms with E-state index in [1.165, 1.54) is 12.2 Å². The van der Waals surface area contributed by atoms with Gasteiger partial charge in [0, 0.05) is 11.7 Å². The Kier molecular flexibility index (Phi) is 4.59. The molecule has 0 aromatic carbocycles. The van der Waals surface area contributed by atoms with Crippen LogP contribution in [0.1, 0.15) is 13.8 Å². The number of nitrogens with one attached hydrogen (secondary N) is 1. The molecule has 3 nitrogen and oxygen atoms in total. The van der Waals surface area contributed by atoms with E-state index in [1.807, 2.05) is 13.8 Å². The molecular formula is C10H15NO2. The molecule has 2 N–H and O–H groups in total. The third-order valence-corrected chi connectivity index (χ3v) is 1.27. The summed E-state index contributed by atoms with van der Waals surface area (Å²) < 4.78 is 0. The van der Waals surface area contributed by atoms with Gasteiger partial charge in [-0.05, 0) is 19.9 Å². The van der Waals surface area contributed by atoms with Crippen molar-refractivity contribution in [2.45, 2.75) is 19.9 Å². The number of hydrogen-bond donors (Lipinski definition) is 2. The van der Waals surface area contributed by atoms with E-state index in [4.69, 9.17) is 5.11 Å². The Morgan fingerprint density at radius 2 is 2.08 bits per heavy atom. The van der Waals surface area contributed by atoms with Gasteiger partial charge in [-0.1, -0.05) is 19.2 Å². The largest absolute Gasteiger partial charge is 0.478 e. The Labute approximate surface area is 78.5 Å². The van der Waals surface area contributed by atoms with Crippen molar-refractivity contribution in [3.05, 3.63) is 36.6 Å². The van der Waals surface area contributed by atoms with Gasteiger partial charge in [0.2, 0.25) is 0 Å². The minimum atomic E-state index is -0.998. The van der Waals surface area contributed by atoms with Gasteiger partial charge < -0.3 is 10.4 Å². The van der Waals surface area contributed by atoms with E-state index in [9.17, 15) is 4.79 Å². The second-order valence-electron chi connectivity index (χ2n) is 2.93. The summed E-state index contributed by atoms with van der Waals surface area (Å²) >= 11 is 0. The minimum absolute atomic E-state index is 0.137. The molecule has 0 radical (unpaired) electrons. The van der Waals surface area contributed by atoms with Crippen molar-refractivity contribution in [3.8, 4) is 0 Å². The number of carboxylic acid groups (broad SMARTS) is 1. The van der Waals surface area contributed by atoms with Crippen LogP contribution < -0.4 is 5.32 Å². The van der Waals surface area contributed by atoms with Gasteiger partial charge in [-0.25, -0.2) is 4.79 Å². The van der Waals surface area contributed by atoms with Crippen molar-refractivity contribution in [3.63, 3.8) is 0 Å². The maximum absolute atomic E-state index is 10.5. The quantitative estimate of drug-likeness (QED) is 0.501. The number of allylic oxidation sites excluding steroid dienone is 1. The van der Waals surface area contributed by atoms with Gasteiger partial charge in [-0.3, -0.25) is 0 Å². The first-order valence-electron chi connectivity index (χ1n) is 4.00. The van der Waals surface area contributed by atoms with E-state index in [1.54, 1.807) is 0 Å². The maximum atomic E-state index is 10.5. The number of carbonyl (C=O) groups is 1. The molecule has 0 unspecified atom stereocenters. The van der Waals surface area contributed by atoms with E-state index in [0.29, 0.717) is 5.70 Å². The molecule has 0 amide bonds. The first kappa shape index (κ1) is 11.5.